The van der Waals surface area contributed by atoms with Gasteiger partial charge in [0.2, 0.25) is 5.91 Å². The van der Waals surface area contributed by atoms with E-state index in [0.29, 0.717) is 22.6 Å². The number of benzene rings is 1. The Balaban J connectivity index is 1.56. The second kappa shape index (κ2) is 7.21. The molecule has 3 heterocycles. The van der Waals surface area contributed by atoms with Gasteiger partial charge in [-0.3, -0.25) is 14.5 Å². The van der Waals surface area contributed by atoms with Crippen molar-refractivity contribution in [3.05, 3.63) is 52.3 Å². The van der Waals surface area contributed by atoms with Gasteiger partial charge in [0.1, 0.15) is 16.3 Å². The van der Waals surface area contributed by atoms with Crippen molar-refractivity contribution in [3.63, 3.8) is 0 Å². The molecule has 27 heavy (non-hydrogen) atoms. The number of hydrogen-bond acceptors (Lipinski definition) is 5. The molecule has 6 nitrogen and oxygen atoms in total. The smallest absolute Gasteiger partial charge is 0.268 e. The minimum Gasteiger partial charge on any atom is -0.369 e. The first-order chi connectivity index (χ1) is 13.0. The molecule has 0 aliphatic carbocycles. The lowest BCUT2D eigenvalue weighted by Crippen LogP contribution is -2.38. The predicted molar refractivity (Wildman–Crippen MR) is 103 cm³/mol. The molecule has 8 heteroatoms. The lowest BCUT2D eigenvalue weighted by atomic mass is 9.96. The monoisotopic (exact) mass is 386 g/mol. The number of amides is 1. The summed E-state index contributed by atoms with van der Waals surface area (Å²) in [4.78, 5) is 34.2. The number of nitrogens with zero attached hydrogens (tertiary/aromatic N) is 2. The van der Waals surface area contributed by atoms with Gasteiger partial charge in [0, 0.05) is 10.8 Å². The molecule has 1 fully saturated rings. The van der Waals surface area contributed by atoms with Gasteiger partial charge in [-0.15, -0.1) is 11.3 Å². The van der Waals surface area contributed by atoms with Crippen LogP contribution in [-0.4, -0.2) is 33.9 Å². The number of thiophene rings is 1. The Morgan fingerprint density at radius 1 is 1.30 bits per heavy atom. The van der Waals surface area contributed by atoms with Crippen molar-refractivity contribution in [2.24, 2.45) is 11.7 Å². The van der Waals surface area contributed by atoms with Gasteiger partial charge in [-0.05, 0) is 49.7 Å². The van der Waals surface area contributed by atoms with Crippen molar-refractivity contribution < 1.29 is 9.18 Å². The molecule has 0 saturated carbocycles. The van der Waals surface area contributed by atoms with E-state index in [0.717, 1.165) is 36.4 Å². The Labute approximate surface area is 158 Å². The number of likely N-dealkylation sites (tertiary alicyclic amines) is 1. The van der Waals surface area contributed by atoms with Crippen LogP contribution in [0.3, 0.4) is 0 Å². The lowest BCUT2D eigenvalue weighted by Gasteiger charge is -2.29. The number of aromatic amines is 1. The van der Waals surface area contributed by atoms with Crippen LogP contribution in [0.1, 0.15) is 18.7 Å². The van der Waals surface area contributed by atoms with E-state index in [9.17, 15) is 14.0 Å². The van der Waals surface area contributed by atoms with E-state index in [-0.39, 0.29) is 23.2 Å². The predicted octanol–water partition coefficient (Wildman–Crippen LogP) is 2.49. The van der Waals surface area contributed by atoms with E-state index in [1.807, 2.05) is 6.07 Å². The van der Waals surface area contributed by atoms with E-state index >= 15 is 0 Å². The maximum Gasteiger partial charge on any atom is 0.268 e. The molecule has 1 aliphatic rings. The lowest BCUT2D eigenvalue weighted by molar-refractivity contribution is -0.123. The first kappa shape index (κ1) is 17.8. The van der Waals surface area contributed by atoms with Crippen LogP contribution in [0, 0.1) is 11.7 Å². The molecule has 0 unspecified atom stereocenters. The molecule has 0 radical (unpaired) electrons. The molecule has 1 aromatic carbocycles. The van der Waals surface area contributed by atoms with Crippen LogP contribution in [0.5, 0.6) is 0 Å². The van der Waals surface area contributed by atoms with E-state index in [1.54, 1.807) is 12.1 Å². The number of rotatable bonds is 4. The molecule has 140 valence electrons. The molecule has 0 atom stereocenters. The fourth-order valence-electron chi connectivity index (χ4n) is 3.41. The van der Waals surface area contributed by atoms with Crippen molar-refractivity contribution in [2.45, 2.75) is 19.4 Å². The van der Waals surface area contributed by atoms with Gasteiger partial charge < -0.3 is 10.7 Å². The number of carbonyl (C=O) groups excluding carboxylic acids is 1. The summed E-state index contributed by atoms with van der Waals surface area (Å²) in [6.07, 6.45) is 1.46. The Kier molecular flexibility index (Phi) is 4.75. The van der Waals surface area contributed by atoms with Crippen molar-refractivity contribution >= 4 is 27.5 Å². The average molecular weight is 386 g/mol. The fourth-order valence-corrected chi connectivity index (χ4v) is 4.40. The molecule has 3 N–H and O–H groups in total. The highest BCUT2D eigenvalue weighted by molar-refractivity contribution is 7.22. The van der Waals surface area contributed by atoms with Gasteiger partial charge in [0.15, 0.2) is 0 Å². The first-order valence-corrected chi connectivity index (χ1v) is 9.61. The number of halogens is 1. The Morgan fingerprint density at radius 2 is 2.00 bits per heavy atom. The molecular formula is C19H19FN4O2S. The molecule has 1 saturated heterocycles. The number of carbonyl (C=O) groups is 1. The summed E-state index contributed by atoms with van der Waals surface area (Å²) < 4.78 is 13.7. The molecule has 4 rings (SSSR count). The third kappa shape index (κ3) is 3.77. The van der Waals surface area contributed by atoms with Gasteiger partial charge in [0.25, 0.3) is 5.56 Å². The number of primary amides is 1. The molecule has 0 spiro atoms. The summed E-state index contributed by atoms with van der Waals surface area (Å²) in [5.41, 5.74) is 6.70. The van der Waals surface area contributed by atoms with Crippen LogP contribution in [-0.2, 0) is 11.3 Å². The summed E-state index contributed by atoms with van der Waals surface area (Å²) in [6.45, 7) is 2.03. The number of fused-ring (bicyclic) bond motifs is 1. The first-order valence-electron chi connectivity index (χ1n) is 8.80. The molecule has 0 bridgehead atoms. The van der Waals surface area contributed by atoms with Crippen LogP contribution in [0.2, 0.25) is 0 Å². The minimum atomic E-state index is -0.293. The van der Waals surface area contributed by atoms with E-state index in [4.69, 9.17) is 5.73 Å². The standard InChI is InChI=1S/C19H19FN4O2S/c20-13-3-1-11(2-4-13)15-9-14-17(27-15)19(26)23-16(22-14)10-24-7-5-12(6-8-24)18(21)25/h1-4,9,12H,5-8,10H2,(H2,21,25)(H,22,23,26). The normalized spacial score (nSPS) is 16.0. The third-order valence-corrected chi connectivity index (χ3v) is 6.10. The summed E-state index contributed by atoms with van der Waals surface area (Å²) in [7, 11) is 0. The van der Waals surface area contributed by atoms with Crippen LogP contribution >= 0.6 is 11.3 Å². The third-order valence-electron chi connectivity index (χ3n) is 4.92. The van der Waals surface area contributed by atoms with Crippen LogP contribution in [0.4, 0.5) is 4.39 Å². The topological polar surface area (TPSA) is 92.1 Å². The van der Waals surface area contributed by atoms with E-state index in [1.165, 1.54) is 23.5 Å². The quantitative estimate of drug-likeness (QED) is 0.721. The zero-order valence-electron chi connectivity index (χ0n) is 14.6. The number of aromatic nitrogens is 2. The fraction of sp³-hybridized carbons (Fsp3) is 0.316. The zero-order valence-corrected chi connectivity index (χ0v) is 15.4. The Hall–Kier alpha value is -2.58. The van der Waals surface area contributed by atoms with Crippen molar-refractivity contribution in [1.82, 2.24) is 14.9 Å². The molecule has 1 aliphatic heterocycles. The molecule has 3 aromatic rings. The highest BCUT2D eigenvalue weighted by atomic mass is 32.1. The number of H-pyrrole nitrogens is 1. The maximum atomic E-state index is 13.1. The van der Waals surface area contributed by atoms with Gasteiger partial charge in [-0.2, -0.15) is 0 Å². The van der Waals surface area contributed by atoms with Crippen molar-refractivity contribution in [3.8, 4) is 10.4 Å². The Morgan fingerprint density at radius 3 is 2.67 bits per heavy atom. The number of hydrogen-bond donors (Lipinski definition) is 2. The van der Waals surface area contributed by atoms with E-state index in [2.05, 4.69) is 14.9 Å². The zero-order chi connectivity index (χ0) is 19.0. The number of nitrogens with two attached hydrogens (primary N) is 1. The molecule has 1 amide bonds. The summed E-state index contributed by atoms with van der Waals surface area (Å²) >= 11 is 1.35. The van der Waals surface area contributed by atoms with Gasteiger partial charge in [-0.1, -0.05) is 12.1 Å². The van der Waals surface area contributed by atoms with Gasteiger partial charge >= 0.3 is 0 Å². The minimum absolute atomic E-state index is 0.0640. The van der Waals surface area contributed by atoms with Crippen LogP contribution in [0.15, 0.2) is 35.1 Å². The number of nitrogens with one attached hydrogen (secondary N) is 1. The van der Waals surface area contributed by atoms with Gasteiger partial charge in [0.05, 0.1) is 12.1 Å². The average Bonchev–Trinajstić information content (AvgIpc) is 3.07. The second-order valence-corrected chi connectivity index (χ2v) is 7.85. The maximum absolute atomic E-state index is 13.1. The van der Waals surface area contributed by atoms with Crippen LogP contribution < -0.4 is 11.3 Å². The summed E-state index contributed by atoms with van der Waals surface area (Å²) in [6, 6.07) is 8.05. The highest BCUT2D eigenvalue weighted by Crippen LogP contribution is 2.31. The van der Waals surface area contributed by atoms with Crippen molar-refractivity contribution in [2.75, 3.05) is 13.1 Å². The van der Waals surface area contributed by atoms with Crippen molar-refractivity contribution in [1.29, 1.82) is 0 Å². The SMILES string of the molecule is NC(=O)C1CCN(Cc2nc3cc(-c4ccc(F)cc4)sc3c(=O)[nH]2)CC1. The summed E-state index contributed by atoms with van der Waals surface area (Å²) in [5, 5.41) is 0. The second-order valence-electron chi connectivity index (χ2n) is 6.80. The van der Waals surface area contributed by atoms with Gasteiger partial charge in [-0.25, -0.2) is 9.37 Å². The van der Waals surface area contributed by atoms with E-state index < -0.39 is 0 Å². The highest BCUT2D eigenvalue weighted by Gasteiger charge is 2.23. The molecule has 2 aromatic heterocycles. The largest absolute Gasteiger partial charge is 0.369 e. The summed E-state index contributed by atoms with van der Waals surface area (Å²) in [5.74, 6) is 0.00628. The molecular weight excluding hydrogens is 367 g/mol. The Bertz CT molecular complexity index is 1040. The van der Waals surface area contributed by atoms with Crippen LogP contribution in [0.25, 0.3) is 20.7 Å². The number of piperidine rings is 1.